The summed E-state index contributed by atoms with van der Waals surface area (Å²) in [6.07, 6.45) is 6.65. The molecule has 0 radical (unpaired) electrons. The number of hydrogen-bond donors (Lipinski definition) is 2. The third kappa shape index (κ3) is 4.23. The molecule has 188 valence electrons. The molecule has 2 aliphatic rings. The fraction of sp³-hybridized carbons (Fsp3) is 0.333. The number of carbonyl (C=O) groups excluding carboxylic acids is 1. The molecule has 7 nitrogen and oxygen atoms in total. The van der Waals surface area contributed by atoms with Crippen LogP contribution in [0.15, 0.2) is 66.9 Å². The molecule has 0 bridgehead atoms. The van der Waals surface area contributed by atoms with Gasteiger partial charge in [-0.1, -0.05) is 54.6 Å². The molecule has 4 N–H and O–H groups in total. The first-order valence-electron chi connectivity index (χ1n) is 13.1. The summed E-state index contributed by atoms with van der Waals surface area (Å²) < 4.78 is 2.18. The van der Waals surface area contributed by atoms with Gasteiger partial charge in [-0.25, -0.2) is 4.57 Å². The lowest BCUT2D eigenvalue weighted by Gasteiger charge is -2.38. The Balaban J connectivity index is 1.44. The van der Waals surface area contributed by atoms with E-state index in [-0.39, 0.29) is 17.4 Å². The second kappa shape index (κ2) is 9.23. The number of rotatable bonds is 5. The number of primary amides is 1. The van der Waals surface area contributed by atoms with Gasteiger partial charge in [-0.3, -0.25) is 4.79 Å². The first kappa shape index (κ1) is 23.6. The number of aryl methyl sites for hydroxylation is 1. The van der Waals surface area contributed by atoms with E-state index in [1.165, 1.54) is 12.0 Å². The molecule has 1 saturated carbocycles. The topological polar surface area (TPSA) is 102 Å². The van der Waals surface area contributed by atoms with Crippen LogP contribution < -0.4 is 20.9 Å². The number of nitrogens with zero attached hydrogens (tertiary/aromatic N) is 4. The first-order chi connectivity index (χ1) is 17.9. The number of fused-ring (bicyclic) bond motifs is 1. The molecule has 37 heavy (non-hydrogen) atoms. The largest absolute Gasteiger partial charge is 0.369 e. The van der Waals surface area contributed by atoms with Gasteiger partial charge in [0.15, 0.2) is 0 Å². The van der Waals surface area contributed by atoms with Gasteiger partial charge in [0.1, 0.15) is 5.69 Å². The molecule has 1 saturated heterocycles. The van der Waals surface area contributed by atoms with Gasteiger partial charge in [-0.15, -0.1) is 0 Å². The number of carbonyl (C=O) groups is 1. The van der Waals surface area contributed by atoms with Crippen molar-refractivity contribution in [3.63, 3.8) is 0 Å². The lowest BCUT2D eigenvalue weighted by Crippen LogP contribution is -2.43. The van der Waals surface area contributed by atoms with E-state index in [1.54, 1.807) is 0 Å². The van der Waals surface area contributed by atoms with Crippen molar-refractivity contribution in [2.45, 2.75) is 37.6 Å². The van der Waals surface area contributed by atoms with Crippen LogP contribution in [0.3, 0.4) is 0 Å². The molecule has 0 unspecified atom stereocenters. The summed E-state index contributed by atoms with van der Waals surface area (Å²) >= 11 is 0. The maximum Gasteiger partial charge on any atom is 0.341 e. The van der Waals surface area contributed by atoms with Crippen LogP contribution in [0.1, 0.15) is 37.7 Å². The molecule has 1 amide bonds. The smallest absolute Gasteiger partial charge is 0.341 e. The van der Waals surface area contributed by atoms with Crippen LogP contribution in [0.25, 0.3) is 33.4 Å². The van der Waals surface area contributed by atoms with Crippen molar-refractivity contribution in [2.24, 2.45) is 24.4 Å². The maximum absolute atomic E-state index is 11.6. The highest BCUT2D eigenvalue weighted by Crippen LogP contribution is 2.40. The minimum Gasteiger partial charge on any atom is -0.369 e. The highest BCUT2D eigenvalue weighted by molar-refractivity contribution is 5.87. The molecule has 6 rings (SSSR count). The Morgan fingerprint density at radius 1 is 1.03 bits per heavy atom. The summed E-state index contributed by atoms with van der Waals surface area (Å²) in [5.74, 6) is 0.408. The van der Waals surface area contributed by atoms with Crippen LogP contribution in [0, 0.1) is 5.92 Å². The number of nitrogens with two attached hydrogens (primary N) is 2. The monoisotopic (exact) mass is 493 g/mol. The third-order valence-electron chi connectivity index (χ3n) is 8.24. The Hall–Kier alpha value is -3.84. The number of piperidine rings is 1. The molecular formula is C30H33N6O+. The molecule has 1 aliphatic carbocycles. The number of amides is 1. The van der Waals surface area contributed by atoms with Gasteiger partial charge >= 0.3 is 11.6 Å². The quantitative estimate of drug-likeness (QED) is 0.412. The van der Waals surface area contributed by atoms with Crippen LogP contribution in [-0.4, -0.2) is 29.0 Å². The van der Waals surface area contributed by atoms with E-state index < -0.39 is 0 Å². The van der Waals surface area contributed by atoms with E-state index in [0.717, 1.165) is 72.2 Å². The number of anilines is 1. The standard InChI is InChI=1S/C30H32N6O/c1-35-26(21-8-10-24(11-9-21)30(32)14-5-15-30)25(20-6-3-2-4-7-20)18-23-19-33-29(34-28(23)35)36-16-12-22(13-17-36)27(31)37/h2-4,6-11,18-19,22H,5,12-17,32H2,1H3,(H-,31,37)/p+1. The Bertz CT molecular complexity index is 1460. The van der Waals surface area contributed by atoms with Crippen molar-refractivity contribution >= 4 is 22.9 Å². The number of pyridine rings is 1. The molecule has 7 heteroatoms. The maximum atomic E-state index is 11.6. The highest BCUT2D eigenvalue weighted by atomic mass is 16.1. The van der Waals surface area contributed by atoms with Crippen LogP contribution in [0.5, 0.6) is 0 Å². The molecule has 4 aromatic rings. The highest BCUT2D eigenvalue weighted by Gasteiger charge is 2.34. The van der Waals surface area contributed by atoms with E-state index >= 15 is 0 Å². The normalized spacial score (nSPS) is 17.5. The SMILES string of the molecule is C[n+]1c(-c2ccc(C3(N)CCC3)cc2)c(-c2ccccc2)cc2cnc(N3CCC(C(N)=O)CC3)nc21. The van der Waals surface area contributed by atoms with E-state index in [9.17, 15) is 4.79 Å². The molecular weight excluding hydrogens is 460 g/mol. The molecule has 0 spiro atoms. The zero-order chi connectivity index (χ0) is 25.6. The molecule has 2 aromatic heterocycles. The predicted octanol–water partition coefficient (Wildman–Crippen LogP) is 3.83. The summed E-state index contributed by atoms with van der Waals surface area (Å²) in [6.45, 7) is 1.44. The van der Waals surface area contributed by atoms with E-state index in [2.05, 4.69) is 71.1 Å². The van der Waals surface area contributed by atoms with Gasteiger partial charge in [0.05, 0.1) is 12.4 Å². The van der Waals surface area contributed by atoms with Crippen LogP contribution in [0.4, 0.5) is 5.95 Å². The first-order valence-corrected chi connectivity index (χ1v) is 13.1. The van der Waals surface area contributed by atoms with Gasteiger partial charge in [0, 0.05) is 41.9 Å². The van der Waals surface area contributed by atoms with Crippen molar-refractivity contribution in [1.82, 2.24) is 9.97 Å². The van der Waals surface area contributed by atoms with Crippen molar-refractivity contribution in [3.05, 3.63) is 72.4 Å². The van der Waals surface area contributed by atoms with Crippen molar-refractivity contribution in [2.75, 3.05) is 18.0 Å². The Morgan fingerprint density at radius 2 is 1.73 bits per heavy atom. The van der Waals surface area contributed by atoms with Gasteiger partial charge < -0.3 is 16.4 Å². The van der Waals surface area contributed by atoms with Crippen LogP contribution >= 0.6 is 0 Å². The van der Waals surface area contributed by atoms with E-state index in [1.807, 2.05) is 12.3 Å². The molecule has 0 atom stereocenters. The lowest BCUT2D eigenvalue weighted by atomic mass is 9.72. The van der Waals surface area contributed by atoms with Crippen molar-refractivity contribution < 1.29 is 9.36 Å². The summed E-state index contributed by atoms with van der Waals surface area (Å²) in [7, 11) is 2.07. The van der Waals surface area contributed by atoms with Crippen LogP contribution in [-0.2, 0) is 17.4 Å². The zero-order valence-corrected chi connectivity index (χ0v) is 21.2. The van der Waals surface area contributed by atoms with Gasteiger partial charge in [-0.05, 0) is 54.3 Å². The Kier molecular flexibility index (Phi) is 5.88. The third-order valence-corrected chi connectivity index (χ3v) is 8.24. The van der Waals surface area contributed by atoms with Crippen LogP contribution in [0.2, 0.25) is 0 Å². The minimum atomic E-state index is -0.215. The number of benzene rings is 2. The zero-order valence-electron chi connectivity index (χ0n) is 21.2. The number of aromatic nitrogens is 3. The van der Waals surface area contributed by atoms with E-state index in [4.69, 9.17) is 21.4 Å². The fourth-order valence-electron chi connectivity index (χ4n) is 5.76. The average molecular weight is 494 g/mol. The van der Waals surface area contributed by atoms with Crippen molar-refractivity contribution in [1.29, 1.82) is 0 Å². The average Bonchev–Trinajstić information content (AvgIpc) is 2.92. The van der Waals surface area contributed by atoms with Gasteiger partial charge in [0.25, 0.3) is 0 Å². The predicted molar refractivity (Wildman–Crippen MR) is 145 cm³/mol. The Labute approximate surface area is 217 Å². The Morgan fingerprint density at radius 3 is 2.35 bits per heavy atom. The van der Waals surface area contributed by atoms with E-state index in [0.29, 0.717) is 5.95 Å². The van der Waals surface area contributed by atoms with Crippen molar-refractivity contribution in [3.8, 4) is 22.4 Å². The number of hydrogen-bond acceptors (Lipinski definition) is 5. The fourth-order valence-corrected chi connectivity index (χ4v) is 5.76. The molecule has 3 heterocycles. The molecule has 1 aliphatic heterocycles. The molecule has 2 aromatic carbocycles. The van der Waals surface area contributed by atoms with Gasteiger partial charge in [-0.2, -0.15) is 4.98 Å². The summed E-state index contributed by atoms with van der Waals surface area (Å²) in [5.41, 5.74) is 18.5. The van der Waals surface area contributed by atoms with Gasteiger partial charge in [0.2, 0.25) is 5.91 Å². The second-order valence-corrected chi connectivity index (χ2v) is 10.5. The summed E-state index contributed by atoms with van der Waals surface area (Å²) in [6, 6.07) is 21.4. The summed E-state index contributed by atoms with van der Waals surface area (Å²) in [5, 5.41) is 0.980. The molecule has 2 fully saturated rings. The second-order valence-electron chi connectivity index (χ2n) is 10.5. The lowest BCUT2D eigenvalue weighted by molar-refractivity contribution is -0.635. The summed E-state index contributed by atoms with van der Waals surface area (Å²) in [4.78, 5) is 23.5. The minimum absolute atomic E-state index is 0.0663.